The van der Waals surface area contributed by atoms with Crippen LogP contribution in [0.2, 0.25) is 0 Å². The molecule has 0 fully saturated rings. The smallest absolute Gasteiger partial charge is 0.337 e. The number of hydrogen-bond acceptors (Lipinski definition) is 3. The highest BCUT2D eigenvalue weighted by atomic mass is 16.5. The lowest BCUT2D eigenvalue weighted by Crippen LogP contribution is -2.18. The molecule has 0 aliphatic carbocycles. The molecular formula is C18H18O3. The Kier molecular flexibility index (Phi) is 5.16. The van der Waals surface area contributed by atoms with Crippen LogP contribution in [0.4, 0.5) is 0 Å². The number of hydrogen-bond donors (Lipinski definition) is 0. The molecule has 0 saturated carbocycles. The van der Waals surface area contributed by atoms with E-state index in [1.807, 2.05) is 60.7 Å². The Morgan fingerprint density at radius 3 is 2.19 bits per heavy atom. The molecule has 1 atom stereocenters. The molecule has 0 aliphatic heterocycles. The zero-order valence-electron chi connectivity index (χ0n) is 12.0. The van der Waals surface area contributed by atoms with E-state index in [1.54, 1.807) is 6.92 Å². The summed E-state index contributed by atoms with van der Waals surface area (Å²) in [5.74, 6) is 0.235. The summed E-state index contributed by atoms with van der Waals surface area (Å²) in [6, 6.07) is 18.9. The van der Waals surface area contributed by atoms with Crippen molar-refractivity contribution in [3.05, 3.63) is 78.4 Å². The van der Waals surface area contributed by atoms with E-state index in [2.05, 4.69) is 6.58 Å². The van der Waals surface area contributed by atoms with Gasteiger partial charge in [0, 0.05) is 0 Å². The Bertz CT molecular complexity index is 590. The normalized spacial score (nSPS) is 11.5. The maximum absolute atomic E-state index is 11.9. The molecule has 108 valence electrons. The van der Waals surface area contributed by atoms with E-state index in [0.29, 0.717) is 12.4 Å². The van der Waals surface area contributed by atoms with Gasteiger partial charge in [0.1, 0.15) is 5.75 Å². The maximum atomic E-state index is 11.9. The number of carbonyl (C=O) groups excluding carboxylic acids is 1. The third-order valence-corrected chi connectivity index (χ3v) is 2.95. The highest BCUT2D eigenvalue weighted by Gasteiger charge is 2.23. The molecule has 2 aromatic carbocycles. The van der Waals surface area contributed by atoms with Gasteiger partial charge < -0.3 is 9.47 Å². The minimum atomic E-state index is -0.562. The van der Waals surface area contributed by atoms with Gasteiger partial charge in [-0.25, -0.2) is 4.79 Å². The van der Waals surface area contributed by atoms with Gasteiger partial charge in [0.05, 0.1) is 12.2 Å². The molecule has 0 saturated heterocycles. The Labute approximate surface area is 124 Å². The first kappa shape index (κ1) is 14.9. The van der Waals surface area contributed by atoms with Crippen molar-refractivity contribution in [3.63, 3.8) is 0 Å². The van der Waals surface area contributed by atoms with Crippen molar-refractivity contribution < 1.29 is 14.3 Å². The standard InChI is InChI=1S/C18H18O3/c1-3-20-18(19)14(2)17(15-10-6-4-7-11-15)21-16-12-8-5-9-13-16/h4-13,17H,2-3H2,1H3. The number of para-hydroxylation sites is 1. The van der Waals surface area contributed by atoms with E-state index in [-0.39, 0.29) is 5.57 Å². The Morgan fingerprint density at radius 2 is 1.62 bits per heavy atom. The van der Waals surface area contributed by atoms with Gasteiger partial charge in [0.2, 0.25) is 0 Å². The third kappa shape index (κ3) is 3.96. The van der Waals surface area contributed by atoms with E-state index in [4.69, 9.17) is 9.47 Å². The Hall–Kier alpha value is -2.55. The number of carbonyl (C=O) groups is 1. The van der Waals surface area contributed by atoms with Crippen LogP contribution in [0, 0.1) is 0 Å². The molecule has 0 spiro atoms. The second kappa shape index (κ2) is 7.29. The largest absolute Gasteiger partial charge is 0.481 e. The lowest BCUT2D eigenvalue weighted by molar-refractivity contribution is -0.139. The van der Waals surface area contributed by atoms with Gasteiger partial charge in [-0.1, -0.05) is 55.1 Å². The zero-order chi connectivity index (χ0) is 15.1. The molecule has 0 bridgehead atoms. The number of ether oxygens (including phenoxy) is 2. The van der Waals surface area contributed by atoms with E-state index in [9.17, 15) is 4.79 Å². The summed E-state index contributed by atoms with van der Waals surface area (Å²) in [7, 11) is 0. The molecule has 0 radical (unpaired) electrons. The van der Waals surface area contributed by atoms with Crippen LogP contribution >= 0.6 is 0 Å². The van der Waals surface area contributed by atoms with Crippen LogP contribution in [0.5, 0.6) is 5.75 Å². The van der Waals surface area contributed by atoms with E-state index in [1.165, 1.54) is 0 Å². The minimum absolute atomic E-state index is 0.284. The summed E-state index contributed by atoms with van der Waals surface area (Å²) in [6.45, 7) is 5.92. The summed E-state index contributed by atoms with van der Waals surface area (Å²) in [4.78, 5) is 11.9. The van der Waals surface area contributed by atoms with Crippen molar-refractivity contribution in [2.75, 3.05) is 6.61 Å². The van der Waals surface area contributed by atoms with E-state index < -0.39 is 12.1 Å². The van der Waals surface area contributed by atoms with Gasteiger partial charge in [-0.3, -0.25) is 0 Å². The van der Waals surface area contributed by atoms with Crippen LogP contribution in [0.25, 0.3) is 0 Å². The summed E-state index contributed by atoms with van der Waals surface area (Å²) in [5.41, 5.74) is 1.14. The SMILES string of the molecule is C=C(C(=O)OCC)C(Oc1ccccc1)c1ccccc1. The van der Waals surface area contributed by atoms with Crippen molar-refractivity contribution in [1.82, 2.24) is 0 Å². The summed E-state index contributed by atoms with van der Waals surface area (Å²) >= 11 is 0. The van der Waals surface area contributed by atoms with Crippen LogP contribution in [0.3, 0.4) is 0 Å². The minimum Gasteiger partial charge on any atom is -0.481 e. The maximum Gasteiger partial charge on any atom is 0.337 e. The molecule has 0 amide bonds. The molecule has 0 aromatic heterocycles. The van der Waals surface area contributed by atoms with Crippen molar-refractivity contribution in [2.45, 2.75) is 13.0 Å². The molecule has 21 heavy (non-hydrogen) atoms. The van der Waals surface area contributed by atoms with Gasteiger partial charge in [0.15, 0.2) is 6.10 Å². The molecule has 3 heteroatoms. The van der Waals surface area contributed by atoms with Crippen molar-refractivity contribution in [3.8, 4) is 5.75 Å². The first-order valence-electron chi connectivity index (χ1n) is 6.85. The Morgan fingerprint density at radius 1 is 1.05 bits per heavy atom. The van der Waals surface area contributed by atoms with Gasteiger partial charge in [0.25, 0.3) is 0 Å². The first-order valence-corrected chi connectivity index (χ1v) is 6.85. The quantitative estimate of drug-likeness (QED) is 0.595. The monoisotopic (exact) mass is 282 g/mol. The summed E-state index contributed by atoms with van der Waals surface area (Å²) in [5, 5.41) is 0. The fourth-order valence-corrected chi connectivity index (χ4v) is 1.93. The average molecular weight is 282 g/mol. The lowest BCUT2D eigenvalue weighted by Gasteiger charge is -2.20. The van der Waals surface area contributed by atoms with Crippen LogP contribution < -0.4 is 4.74 Å². The fraction of sp³-hybridized carbons (Fsp3) is 0.167. The van der Waals surface area contributed by atoms with Crippen molar-refractivity contribution in [1.29, 1.82) is 0 Å². The van der Waals surface area contributed by atoms with E-state index in [0.717, 1.165) is 5.56 Å². The molecule has 0 N–H and O–H groups in total. The van der Waals surface area contributed by atoms with E-state index >= 15 is 0 Å². The number of esters is 1. The van der Waals surface area contributed by atoms with Crippen molar-refractivity contribution >= 4 is 5.97 Å². The summed E-state index contributed by atoms with van der Waals surface area (Å²) < 4.78 is 11.0. The Balaban J connectivity index is 2.27. The predicted molar refractivity (Wildman–Crippen MR) is 82.0 cm³/mol. The number of benzene rings is 2. The average Bonchev–Trinajstić information content (AvgIpc) is 2.54. The zero-order valence-corrected chi connectivity index (χ0v) is 12.0. The summed E-state index contributed by atoms with van der Waals surface area (Å²) in [6.07, 6.45) is -0.562. The molecule has 0 heterocycles. The number of rotatable bonds is 6. The highest BCUT2D eigenvalue weighted by molar-refractivity contribution is 5.89. The fourth-order valence-electron chi connectivity index (χ4n) is 1.93. The lowest BCUT2D eigenvalue weighted by atomic mass is 10.0. The molecule has 1 unspecified atom stereocenters. The van der Waals surface area contributed by atoms with Crippen LogP contribution in [-0.2, 0) is 9.53 Å². The second-order valence-electron chi connectivity index (χ2n) is 4.47. The molecule has 3 nitrogen and oxygen atoms in total. The predicted octanol–water partition coefficient (Wildman–Crippen LogP) is 3.93. The van der Waals surface area contributed by atoms with Gasteiger partial charge in [-0.2, -0.15) is 0 Å². The van der Waals surface area contributed by atoms with Gasteiger partial charge in [-0.15, -0.1) is 0 Å². The van der Waals surface area contributed by atoms with Crippen LogP contribution in [-0.4, -0.2) is 12.6 Å². The van der Waals surface area contributed by atoms with Gasteiger partial charge >= 0.3 is 5.97 Å². The molecule has 0 aliphatic rings. The topological polar surface area (TPSA) is 35.5 Å². The van der Waals surface area contributed by atoms with Crippen LogP contribution in [0.1, 0.15) is 18.6 Å². The van der Waals surface area contributed by atoms with Crippen LogP contribution in [0.15, 0.2) is 72.8 Å². The third-order valence-electron chi connectivity index (χ3n) is 2.95. The molecule has 2 rings (SSSR count). The molecular weight excluding hydrogens is 264 g/mol. The highest BCUT2D eigenvalue weighted by Crippen LogP contribution is 2.28. The first-order chi connectivity index (χ1) is 10.2. The molecule has 2 aromatic rings. The van der Waals surface area contributed by atoms with Gasteiger partial charge in [-0.05, 0) is 24.6 Å². The second-order valence-corrected chi connectivity index (χ2v) is 4.47. The van der Waals surface area contributed by atoms with Crippen molar-refractivity contribution in [2.24, 2.45) is 0 Å².